The minimum Gasteiger partial charge on any atom is -0.387 e. The molecule has 13 nitrogen and oxygen atoms in total. The van der Waals surface area contributed by atoms with Crippen LogP contribution >= 0.6 is 0 Å². The molecule has 13 heteroatoms. The molecule has 3 aromatic rings. The SMILES string of the molecule is Cc1nc2c(ncn2[C@@H]2O[C@H](CNC(=O)CN3C(=O)c4ccccc4C3=O)C(O)[C@@H]2O)c(=O)[nH]1. The van der Waals surface area contributed by atoms with E-state index in [1.54, 1.807) is 19.1 Å². The number of rotatable bonds is 5. The minimum atomic E-state index is -1.39. The van der Waals surface area contributed by atoms with Gasteiger partial charge in [-0.05, 0) is 19.1 Å². The Morgan fingerprint density at radius 1 is 1.15 bits per heavy atom. The van der Waals surface area contributed by atoms with Gasteiger partial charge in [0.1, 0.15) is 30.7 Å². The van der Waals surface area contributed by atoms with E-state index in [-0.39, 0.29) is 28.8 Å². The van der Waals surface area contributed by atoms with Gasteiger partial charge in [0.05, 0.1) is 17.5 Å². The highest BCUT2D eigenvalue weighted by molar-refractivity contribution is 6.22. The lowest BCUT2D eigenvalue weighted by Gasteiger charge is -2.17. The van der Waals surface area contributed by atoms with E-state index >= 15 is 0 Å². The molecular weight excluding hydrogens is 448 g/mol. The number of imide groups is 1. The summed E-state index contributed by atoms with van der Waals surface area (Å²) in [5, 5.41) is 23.5. The molecule has 0 saturated carbocycles. The third-order valence-corrected chi connectivity index (χ3v) is 5.84. The lowest BCUT2D eigenvalue weighted by Crippen LogP contribution is -2.44. The molecule has 1 aromatic carbocycles. The standard InChI is InChI=1S/C21H20N6O7/c1-9-24-17-14(18(31)25-9)23-8-27(17)21-16(30)15(29)12(34-21)6-22-13(28)7-26-19(32)10-4-2-3-5-11(10)20(26)33/h2-5,8,12,15-16,21,29-30H,6-7H2,1H3,(H,22,28)(H,24,25,31)/t12-,15?,16+,21-/m1/s1. The van der Waals surface area contributed by atoms with Crippen LogP contribution in [0.5, 0.6) is 0 Å². The fraction of sp³-hybridized carbons (Fsp3) is 0.333. The van der Waals surface area contributed by atoms with E-state index in [2.05, 4.69) is 20.3 Å². The van der Waals surface area contributed by atoms with E-state index in [1.807, 2.05) is 0 Å². The Hall–Kier alpha value is -3.94. The summed E-state index contributed by atoms with van der Waals surface area (Å²) in [5.74, 6) is -1.43. The Balaban J connectivity index is 1.25. The predicted molar refractivity (Wildman–Crippen MR) is 114 cm³/mol. The molecular formula is C21H20N6O7. The van der Waals surface area contributed by atoms with Crippen molar-refractivity contribution in [2.45, 2.75) is 31.5 Å². The number of nitrogens with one attached hydrogen (secondary N) is 2. The number of hydrogen-bond acceptors (Lipinski definition) is 9. The van der Waals surface area contributed by atoms with Crippen molar-refractivity contribution in [3.05, 3.63) is 57.9 Å². The van der Waals surface area contributed by atoms with Crippen LogP contribution in [-0.2, 0) is 9.53 Å². The van der Waals surface area contributed by atoms with E-state index in [1.165, 1.54) is 23.0 Å². The van der Waals surface area contributed by atoms with Gasteiger partial charge in [0.15, 0.2) is 17.4 Å². The average Bonchev–Trinajstić information content (AvgIpc) is 3.43. The smallest absolute Gasteiger partial charge is 0.279 e. The van der Waals surface area contributed by atoms with Gasteiger partial charge >= 0.3 is 0 Å². The zero-order chi connectivity index (χ0) is 24.1. The van der Waals surface area contributed by atoms with Crippen molar-refractivity contribution in [1.82, 2.24) is 29.7 Å². The number of fused-ring (bicyclic) bond motifs is 2. The maximum absolute atomic E-state index is 12.4. The molecule has 1 saturated heterocycles. The Kier molecular flexibility index (Phi) is 5.23. The summed E-state index contributed by atoms with van der Waals surface area (Å²) in [6.45, 7) is 0.890. The van der Waals surface area contributed by atoms with Gasteiger partial charge in [-0.1, -0.05) is 12.1 Å². The minimum absolute atomic E-state index is 0.0496. The number of carbonyl (C=O) groups excluding carboxylic acids is 3. The van der Waals surface area contributed by atoms with E-state index < -0.39 is 54.4 Å². The average molecular weight is 468 g/mol. The molecule has 1 fully saturated rings. The molecule has 2 aromatic heterocycles. The molecule has 34 heavy (non-hydrogen) atoms. The second kappa shape index (κ2) is 8.13. The van der Waals surface area contributed by atoms with Crippen LogP contribution in [0.4, 0.5) is 0 Å². The molecule has 4 atom stereocenters. The molecule has 176 valence electrons. The molecule has 5 rings (SSSR count). The zero-order valence-corrected chi connectivity index (χ0v) is 17.8. The fourth-order valence-electron chi connectivity index (χ4n) is 4.15. The van der Waals surface area contributed by atoms with Gasteiger partial charge in [-0.15, -0.1) is 0 Å². The highest BCUT2D eigenvalue weighted by Gasteiger charge is 2.44. The van der Waals surface area contributed by atoms with Gasteiger partial charge in [0.2, 0.25) is 5.91 Å². The number of carbonyl (C=O) groups is 3. The highest BCUT2D eigenvalue weighted by atomic mass is 16.6. The number of imidazole rings is 1. The van der Waals surface area contributed by atoms with Crippen molar-refractivity contribution in [2.24, 2.45) is 0 Å². The van der Waals surface area contributed by atoms with Gasteiger partial charge < -0.3 is 25.3 Å². The monoisotopic (exact) mass is 468 g/mol. The second-order valence-corrected chi connectivity index (χ2v) is 8.07. The lowest BCUT2D eigenvalue weighted by molar-refractivity contribution is -0.122. The zero-order valence-electron chi connectivity index (χ0n) is 17.8. The molecule has 0 spiro atoms. The quantitative estimate of drug-likeness (QED) is 0.323. The fourth-order valence-corrected chi connectivity index (χ4v) is 4.15. The maximum atomic E-state index is 12.4. The first kappa shape index (κ1) is 21.9. The molecule has 4 heterocycles. The summed E-state index contributed by atoms with van der Waals surface area (Å²) in [7, 11) is 0. The summed E-state index contributed by atoms with van der Waals surface area (Å²) in [6.07, 6.45) is -3.60. The largest absolute Gasteiger partial charge is 0.387 e. The molecule has 0 bridgehead atoms. The molecule has 0 aliphatic carbocycles. The van der Waals surface area contributed by atoms with Crippen LogP contribution < -0.4 is 10.9 Å². The Bertz CT molecular complexity index is 1350. The van der Waals surface area contributed by atoms with Crippen LogP contribution in [0.2, 0.25) is 0 Å². The van der Waals surface area contributed by atoms with Crippen LogP contribution in [0.25, 0.3) is 11.2 Å². The highest BCUT2D eigenvalue weighted by Crippen LogP contribution is 2.31. The molecule has 1 unspecified atom stereocenters. The second-order valence-electron chi connectivity index (χ2n) is 8.07. The van der Waals surface area contributed by atoms with Gasteiger partial charge in [-0.25, -0.2) is 9.97 Å². The van der Waals surface area contributed by atoms with Crippen LogP contribution in [0.3, 0.4) is 0 Å². The van der Waals surface area contributed by atoms with Crippen molar-refractivity contribution in [2.75, 3.05) is 13.1 Å². The number of aryl methyl sites for hydroxylation is 1. The van der Waals surface area contributed by atoms with Crippen LogP contribution in [0, 0.1) is 6.92 Å². The Morgan fingerprint density at radius 2 is 1.82 bits per heavy atom. The van der Waals surface area contributed by atoms with Crippen LogP contribution in [-0.4, -0.2) is 83.8 Å². The summed E-state index contributed by atoms with van der Waals surface area (Å²) < 4.78 is 7.08. The van der Waals surface area contributed by atoms with Crippen molar-refractivity contribution >= 4 is 28.9 Å². The number of amides is 3. The summed E-state index contributed by atoms with van der Waals surface area (Å²) in [6, 6.07) is 6.29. The number of H-pyrrole nitrogens is 1. The van der Waals surface area contributed by atoms with Crippen molar-refractivity contribution in [3.8, 4) is 0 Å². The number of benzene rings is 1. The number of aliphatic hydroxyl groups excluding tert-OH is 2. The number of aliphatic hydroxyl groups is 2. The van der Waals surface area contributed by atoms with Gasteiger partial charge in [0.25, 0.3) is 17.4 Å². The maximum Gasteiger partial charge on any atom is 0.279 e. The lowest BCUT2D eigenvalue weighted by atomic mass is 10.1. The number of aromatic nitrogens is 4. The molecule has 4 N–H and O–H groups in total. The van der Waals surface area contributed by atoms with E-state index in [4.69, 9.17) is 4.74 Å². The number of ether oxygens (including phenoxy) is 1. The van der Waals surface area contributed by atoms with E-state index in [0.29, 0.717) is 5.82 Å². The Morgan fingerprint density at radius 3 is 2.50 bits per heavy atom. The van der Waals surface area contributed by atoms with Crippen LogP contribution in [0.15, 0.2) is 35.4 Å². The van der Waals surface area contributed by atoms with Crippen molar-refractivity contribution in [1.29, 1.82) is 0 Å². The number of nitrogens with zero attached hydrogens (tertiary/aromatic N) is 4. The first-order valence-corrected chi connectivity index (χ1v) is 10.4. The number of hydrogen-bond donors (Lipinski definition) is 4. The third kappa shape index (κ3) is 3.46. The Labute approximate surface area is 191 Å². The first-order valence-electron chi connectivity index (χ1n) is 10.4. The number of aromatic amines is 1. The van der Waals surface area contributed by atoms with E-state index in [0.717, 1.165) is 4.90 Å². The molecule has 0 radical (unpaired) electrons. The third-order valence-electron chi connectivity index (χ3n) is 5.84. The summed E-state index contributed by atoms with van der Waals surface area (Å²) in [5.41, 5.74) is 0.236. The molecule has 2 aliphatic heterocycles. The summed E-state index contributed by atoms with van der Waals surface area (Å²) in [4.78, 5) is 60.9. The molecule has 2 aliphatic rings. The van der Waals surface area contributed by atoms with E-state index in [9.17, 15) is 29.4 Å². The van der Waals surface area contributed by atoms with Crippen molar-refractivity contribution < 1.29 is 29.3 Å². The molecule has 3 amide bonds. The normalized spacial score (nSPS) is 24.1. The van der Waals surface area contributed by atoms with Crippen LogP contribution in [0.1, 0.15) is 32.8 Å². The first-order chi connectivity index (χ1) is 16.3. The van der Waals surface area contributed by atoms with Gasteiger partial charge in [-0.3, -0.25) is 28.6 Å². The predicted octanol–water partition coefficient (Wildman–Crippen LogP) is -1.54. The van der Waals surface area contributed by atoms with Gasteiger partial charge in [0, 0.05) is 6.54 Å². The van der Waals surface area contributed by atoms with Crippen molar-refractivity contribution in [3.63, 3.8) is 0 Å². The topological polar surface area (TPSA) is 180 Å². The van der Waals surface area contributed by atoms with Gasteiger partial charge in [-0.2, -0.15) is 0 Å². The summed E-state index contributed by atoms with van der Waals surface area (Å²) >= 11 is 0.